The van der Waals surface area contributed by atoms with Gasteiger partial charge in [-0.15, -0.1) is 10.2 Å². The van der Waals surface area contributed by atoms with Crippen LogP contribution in [0.5, 0.6) is 0 Å². The smallest absolute Gasteiger partial charge is 0.311 e. The van der Waals surface area contributed by atoms with Crippen molar-refractivity contribution in [1.82, 2.24) is 14.8 Å². The zero-order valence-corrected chi connectivity index (χ0v) is 8.10. The topological polar surface area (TPSA) is 68.0 Å². The van der Waals surface area contributed by atoms with Crippen LogP contribution in [0.4, 0.5) is 0 Å². The van der Waals surface area contributed by atoms with Gasteiger partial charge in [-0.25, -0.2) is 0 Å². The van der Waals surface area contributed by atoms with Crippen molar-refractivity contribution in [3.63, 3.8) is 0 Å². The van der Waals surface area contributed by atoms with Crippen LogP contribution in [0.2, 0.25) is 0 Å². The fourth-order valence-corrected chi connectivity index (χ4v) is 1.91. The average molecular weight is 195 g/mol. The molecule has 0 amide bonds. The molecule has 1 aliphatic rings. The molecule has 0 aliphatic carbocycles. The van der Waals surface area contributed by atoms with Crippen molar-refractivity contribution in [3.05, 3.63) is 11.6 Å². The first-order valence-electron chi connectivity index (χ1n) is 4.82. The van der Waals surface area contributed by atoms with Crippen molar-refractivity contribution in [2.24, 2.45) is 0 Å². The fraction of sp³-hybridized carbons (Fsp3) is 0.667. The summed E-state index contributed by atoms with van der Waals surface area (Å²) >= 11 is 0. The Kier molecular flexibility index (Phi) is 2.23. The molecule has 0 bridgehead atoms. The summed E-state index contributed by atoms with van der Waals surface area (Å²) in [6.07, 6.45) is 2.17. The molecule has 2 rings (SSSR count). The van der Waals surface area contributed by atoms with Gasteiger partial charge in [-0.1, -0.05) is 6.92 Å². The predicted molar refractivity (Wildman–Crippen MR) is 49.0 cm³/mol. The van der Waals surface area contributed by atoms with Gasteiger partial charge in [0.2, 0.25) is 0 Å². The van der Waals surface area contributed by atoms with Crippen molar-refractivity contribution >= 4 is 5.97 Å². The number of aromatic nitrogens is 3. The minimum Gasteiger partial charge on any atom is -0.481 e. The first kappa shape index (κ1) is 9.18. The van der Waals surface area contributed by atoms with Crippen LogP contribution >= 0.6 is 0 Å². The average Bonchev–Trinajstić information content (AvgIpc) is 2.49. The number of fused-ring (bicyclic) bond motifs is 1. The number of rotatable bonds is 2. The molecule has 0 aromatic carbocycles. The highest BCUT2D eigenvalue weighted by molar-refractivity contribution is 5.69. The zero-order valence-electron chi connectivity index (χ0n) is 8.10. The molecule has 1 unspecified atom stereocenters. The molecule has 1 aliphatic heterocycles. The highest BCUT2D eigenvalue weighted by Gasteiger charge is 2.22. The van der Waals surface area contributed by atoms with Gasteiger partial charge in [-0.2, -0.15) is 0 Å². The van der Waals surface area contributed by atoms with Gasteiger partial charge in [0.05, 0.1) is 0 Å². The molecule has 0 radical (unpaired) electrons. The number of hydrogen-bond donors (Lipinski definition) is 1. The Labute approximate surface area is 81.8 Å². The molecule has 0 saturated carbocycles. The highest BCUT2D eigenvalue weighted by Crippen LogP contribution is 2.25. The number of aliphatic carboxylic acids is 1. The van der Waals surface area contributed by atoms with Crippen molar-refractivity contribution in [3.8, 4) is 0 Å². The second-order valence-corrected chi connectivity index (χ2v) is 3.74. The molecular weight excluding hydrogens is 182 g/mol. The van der Waals surface area contributed by atoms with E-state index in [-0.39, 0.29) is 6.42 Å². The third-order valence-electron chi connectivity index (χ3n) is 2.62. The molecule has 76 valence electrons. The second-order valence-electron chi connectivity index (χ2n) is 3.74. The maximum atomic E-state index is 10.6. The monoisotopic (exact) mass is 195 g/mol. The Hall–Kier alpha value is -1.39. The van der Waals surface area contributed by atoms with E-state index < -0.39 is 5.97 Å². The summed E-state index contributed by atoms with van der Waals surface area (Å²) in [7, 11) is 0. The Bertz CT molecular complexity index is 359. The van der Waals surface area contributed by atoms with Crippen molar-refractivity contribution < 1.29 is 9.90 Å². The van der Waals surface area contributed by atoms with Crippen molar-refractivity contribution in [2.45, 2.75) is 38.6 Å². The zero-order chi connectivity index (χ0) is 10.1. The summed E-state index contributed by atoms with van der Waals surface area (Å²) in [6, 6.07) is 0. The van der Waals surface area contributed by atoms with E-state index in [4.69, 9.17) is 5.11 Å². The summed E-state index contributed by atoms with van der Waals surface area (Å²) in [5, 5.41) is 16.6. The lowest BCUT2D eigenvalue weighted by Gasteiger charge is -2.19. The summed E-state index contributed by atoms with van der Waals surface area (Å²) in [5.41, 5.74) is 0. The largest absolute Gasteiger partial charge is 0.481 e. The molecule has 2 heterocycles. The highest BCUT2D eigenvalue weighted by atomic mass is 16.4. The van der Waals surface area contributed by atoms with E-state index >= 15 is 0 Å². The lowest BCUT2D eigenvalue weighted by atomic mass is 10.0. The normalized spacial score (nSPS) is 20.5. The van der Waals surface area contributed by atoms with Crippen molar-refractivity contribution in [2.75, 3.05) is 0 Å². The Morgan fingerprint density at radius 1 is 1.64 bits per heavy atom. The van der Waals surface area contributed by atoms with Crippen LogP contribution in [-0.2, 0) is 17.8 Å². The lowest BCUT2D eigenvalue weighted by molar-refractivity contribution is -0.136. The van der Waals surface area contributed by atoms with Crippen LogP contribution < -0.4 is 0 Å². The third kappa shape index (κ3) is 1.49. The molecule has 5 nitrogen and oxygen atoms in total. The molecule has 1 aromatic rings. The Morgan fingerprint density at radius 2 is 2.43 bits per heavy atom. The number of carbonyl (C=O) groups is 1. The van der Waals surface area contributed by atoms with Gasteiger partial charge in [0.25, 0.3) is 0 Å². The van der Waals surface area contributed by atoms with Gasteiger partial charge in [0.15, 0.2) is 0 Å². The summed E-state index contributed by atoms with van der Waals surface area (Å²) in [6.45, 7) is 2.96. The summed E-state index contributed by atoms with van der Waals surface area (Å²) in [5.74, 6) is 1.07. The van der Waals surface area contributed by atoms with Crippen LogP contribution in [0.1, 0.15) is 37.3 Å². The van der Waals surface area contributed by atoms with Gasteiger partial charge in [-0.3, -0.25) is 4.79 Å². The van der Waals surface area contributed by atoms with E-state index in [0.717, 1.165) is 25.2 Å². The van der Waals surface area contributed by atoms with Crippen LogP contribution in [0, 0.1) is 0 Å². The standard InChI is InChI=1S/C9H13N3O2/c1-6-3-2-4-12-7(5-8(13)14)10-11-9(6)12/h6H,2-5H2,1H3,(H,13,14). The maximum absolute atomic E-state index is 10.6. The SMILES string of the molecule is CC1CCCn2c(CC(=O)O)nnc21. The van der Waals surface area contributed by atoms with E-state index in [0.29, 0.717) is 11.7 Å². The second kappa shape index (κ2) is 3.40. The van der Waals surface area contributed by atoms with Crippen LogP contribution in [-0.4, -0.2) is 25.8 Å². The van der Waals surface area contributed by atoms with E-state index in [1.165, 1.54) is 0 Å². The third-order valence-corrected chi connectivity index (χ3v) is 2.62. The summed E-state index contributed by atoms with van der Waals surface area (Å²) in [4.78, 5) is 10.6. The lowest BCUT2D eigenvalue weighted by Crippen LogP contribution is -2.17. The van der Waals surface area contributed by atoms with Crippen LogP contribution in [0.3, 0.4) is 0 Å². The van der Waals surface area contributed by atoms with Gasteiger partial charge >= 0.3 is 5.97 Å². The molecule has 1 aromatic heterocycles. The van der Waals surface area contributed by atoms with Crippen molar-refractivity contribution in [1.29, 1.82) is 0 Å². The fourth-order valence-electron chi connectivity index (χ4n) is 1.91. The summed E-state index contributed by atoms with van der Waals surface area (Å²) < 4.78 is 1.95. The van der Waals surface area contributed by atoms with E-state index in [9.17, 15) is 4.79 Å². The Balaban J connectivity index is 2.31. The molecular formula is C9H13N3O2. The first-order chi connectivity index (χ1) is 6.68. The quantitative estimate of drug-likeness (QED) is 0.758. The minimum atomic E-state index is -0.849. The minimum absolute atomic E-state index is 0.0281. The molecule has 5 heteroatoms. The number of carboxylic acids is 1. The molecule has 0 fully saturated rings. The maximum Gasteiger partial charge on any atom is 0.311 e. The molecule has 14 heavy (non-hydrogen) atoms. The van der Waals surface area contributed by atoms with E-state index in [1.54, 1.807) is 0 Å². The Morgan fingerprint density at radius 3 is 3.14 bits per heavy atom. The number of hydrogen-bond acceptors (Lipinski definition) is 3. The molecule has 0 saturated heterocycles. The first-order valence-corrected chi connectivity index (χ1v) is 4.82. The van der Waals surface area contributed by atoms with Gasteiger partial charge in [-0.05, 0) is 12.8 Å². The van der Waals surface area contributed by atoms with E-state index in [2.05, 4.69) is 17.1 Å². The van der Waals surface area contributed by atoms with Gasteiger partial charge < -0.3 is 9.67 Å². The van der Waals surface area contributed by atoms with Gasteiger partial charge in [0.1, 0.15) is 18.1 Å². The van der Waals surface area contributed by atoms with Gasteiger partial charge in [0, 0.05) is 12.5 Å². The number of nitrogens with zero attached hydrogens (tertiary/aromatic N) is 3. The number of carboxylic acid groups (broad SMARTS) is 1. The predicted octanol–water partition coefficient (Wildman–Crippen LogP) is 0.802. The molecule has 1 atom stereocenters. The molecule has 1 N–H and O–H groups in total. The van der Waals surface area contributed by atoms with Crippen LogP contribution in [0.25, 0.3) is 0 Å². The van der Waals surface area contributed by atoms with E-state index in [1.807, 2.05) is 4.57 Å². The molecule has 0 spiro atoms. The van der Waals surface area contributed by atoms with Crippen LogP contribution in [0.15, 0.2) is 0 Å².